The summed E-state index contributed by atoms with van der Waals surface area (Å²) in [6, 6.07) is 8.15. The second kappa shape index (κ2) is 6.70. The molecule has 1 aromatic heterocycles. The van der Waals surface area contributed by atoms with Crippen LogP contribution >= 0.6 is 12.0 Å². The van der Waals surface area contributed by atoms with Gasteiger partial charge in [0.25, 0.3) is 0 Å². The zero-order valence-corrected chi connectivity index (χ0v) is 13.1. The SMILES string of the molecule is CSOc1n[nH]c(C)c1Cc1ccc(OC(C)C)cc1. The molecular weight excluding hydrogens is 272 g/mol. The molecule has 0 aliphatic carbocycles. The van der Waals surface area contributed by atoms with Gasteiger partial charge in [0.2, 0.25) is 5.88 Å². The van der Waals surface area contributed by atoms with Crippen LogP contribution in [0.15, 0.2) is 24.3 Å². The van der Waals surface area contributed by atoms with Gasteiger partial charge in [0.05, 0.1) is 18.1 Å². The first-order valence-electron chi connectivity index (χ1n) is 6.60. The van der Waals surface area contributed by atoms with E-state index >= 15 is 0 Å². The third kappa shape index (κ3) is 3.70. The highest BCUT2D eigenvalue weighted by atomic mass is 32.2. The molecule has 20 heavy (non-hydrogen) atoms. The lowest BCUT2D eigenvalue weighted by molar-refractivity contribution is 0.242. The third-order valence-electron chi connectivity index (χ3n) is 2.87. The van der Waals surface area contributed by atoms with E-state index in [1.165, 1.54) is 17.6 Å². The van der Waals surface area contributed by atoms with Crippen molar-refractivity contribution in [3.05, 3.63) is 41.1 Å². The lowest BCUT2D eigenvalue weighted by atomic mass is 10.1. The molecule has 0 spiro atoms. The maximum Gasteiger partial charge on any atom is 0.250 e. The van der Waals surface area contributed by atoms with Gasteiger partial charge < -0.3 is 8.92 Å². The maximum atomic E-state index is 5.64. The lowest BCUT2D eigenvalue weighted by Crippen LogP contribution is -2.05. The average molecular weight is 292 g/mol. The van der Waals surface area contributed by atoms with Crippen molar-refractivity contribution in [3.63, 3.8) is 0 Å². The Labute approximate surface area is 124 Å². The molecule has 0 amide bonds. The van der Waals surface area contributed by atoms with Crippen LogP contribution in [0.25, 0.3) is 0 Å². The molecule has 0 aliphatic heterocycles. The summed E-state index contributed by atoms with van der Waals surface area (Å²) in [5.41, 5.74) is 3.34. The number of aryl methyl sites for hydroxylation is 1. The number of nitrogens with one attached hydrogen (secondary N) is 1. The van der Waals surface area contributed by atoms with Gasteiger partial charge in [-0.15, -0.1) is 5.10 Å². The maximum absolute atomic E-state index is 5.64. The minimum atomic E-state index is 0.193. The minimum absolute atomic E-state index is 0.193. The molecule has 0 fully saturated rings. The molecule has 1 heterocycles. The standard InChI is InChI=1S/C15H20N2O2S/c1-10(2)18-13-7-5-12(6-8-13)9-14-11(3)16-17-15(14)19-20-4/h5-8,10H,9H2,1-4H3,(H,16,17). The van der Waals surface area contributed by atoms with Crippen LogP contribution < -0.4 is 8.92 Å². The van der Waals surface area contributed by atoms with E-state index in [4.69, 9.17) is 8.92 Å². The summed E-state index contributed by atoms with van der Waals surface area (Å²) < 4.78 is 11.1. The Hall–Kier alpha value is -1.62. The van der Waals surface area contributed by atoms with Crippen LogP contribution in [0.5, 0.6) is 11.6 Å². The van der Waals surface area contributed by atoms with Crippen LogP contribution in [0.1, 0.15) is 30.7 Å². The van der Waals surface area contributed by atoms with Crippen molar-refractivity contribution in [1.29, 1.82) is 0 Å². The van der Waals surface area contributed by atoms with Crippen LogP contribution in [0.3, 0.4) is 0 Å². The molecule has 0 bridgehead atoms. The number of ether oxygens (including phenoxy) is 1. The summed E-state index contributed by atoms with van der Waals surface area (Å²) in [5.74, 6) is 1.56. The Bertz CT molecular complexity index is 550. The van der Waals surface area contributed by atoms with E-state index in [0.29, 0.717) is 5.88 Å². The van der Waals surface area contributed by atoms with Crippen molar-refractivity contribution < 1.29 is 8.92 Å². The molecule has 0 aliphatic rings. The molecule has 5 heteroatoms. The molecule has 0 atom stereocenters. The predicted molar refractivity (Wildman–Crippen MR) is 82.5 cm³/mol. The second-order valence-corrected chi connectivity index (χ2v) is 5.37. The average Bonchev–Trinajstić information content (AvgIpc) is 2.74. The Morgan fingerprint density at radius 1 is 1.25 bits per heavy atom. The molecule has 0 radical (unpaired) electrons. The summed E-state index contributed by atoms with van der Waals surface area (Å²) in [5, 5.41) is 7.13. The number of aromatic nitrogens is 2. The Morgan fingerprint density at radius 3 is 2.55 bits per heavy atom. The van der Waals surface area contributed by atoms with Crippen LogP contribution in [0.4, 0.5) is 0 Å². The van der Waals surface area contributed by atoms with Gasteiger partial charge in [-0.25, -0.2) is 0 Å². The quantitative estimate of drug-likeness (QED) is 0.824. The first-order chi connectivity index (χ1) is 9.60. The van der Waals surface area contributed by atoms with E-state index in [9.17, 15) is 0 Å². The van der Waals surface area contributed by atoms with Crippen molar-refractivity contribution in [2.45, 2.75) is 33.3 Å². The molecule has 1 aromatic carbocycles. The number of aromatic amines is 1. The Morgan fingerprint density at radius 2 is 1.95 bits per heavy atom. The molecule has 0 unspecified atom stereocenters. The highest BCUT2D eigenvalue weighted by molar-refractivity contribution is 7.94. The topological polar surface area (TPSA) is 47.1 Å². The zero-order valence-electron chi connectivity index (χ0n) is 12.3. The van der Waals surface area contributed by atoms with E-state index in [1.807, 2.05) is 39.2 Å². The van der Waals surface area contributed by atoms with Gasteiger partial charge >= 0.3 is 0 Å². The van der Waals surface area contributed by atoms with Crippen molar-refractivity contribution in [3.8, 4) is 11.6 Å². The number of hydrogen-bond donors (Lipinski definition) is 1. The first kappa shape index (κ1) is 14.8. The van der Waals surface area contributed by atoms with Crippen molar-refractivity contribution >= 4 is 12.0 Å². The van der Waals surface area contributed by atoms with Crippen LogP contribution in [0.2, 0.25) is 0 Å². The zero-order chi connectivity index (χ0) is 14.5. The van der Waals surface area contributed by atoms with Crippen molar-refractivity contribution in [1.82, 2.24) is 10.2 Å². The van der Waals surface area contributed by atoms with Gasteiger partial charge in [-0.2, -0.15) is 0 Å². The van der Waals surface area contributed by atoms with E-state index < -0.39 is 0 Å². The molecule has 1 N–H and O–H groups in total. The normalized spacial score (nSPS) is 10.8. The number of benzene rings is 1. The second-order valence-electron chi connectivity index (χ2n) is 4.87. The monoisotopic (exact) mass is 292 g/mol. The van der Waals surface area contributed by atoms with Gasteiger partial charge in [0.15, 0.2) is 0 Å². The van der Waals surface area contributed by atoms with Crippen LogP contribution in [0, 0.1) is 6.92 Å². The number of hydrogen-bond acceptors (Lipinski definition) is 4. The first-order valence-corrected chi connectivity index (χ1v) is 7.75. The molecule has 0 saturated carbocycles. The number of rotatable bonds is 6. The van der Waals surface area contributed by atoms with E-state index in [2.05, 4.69) is 22.3 Å². The summed E-state index contributed by atoms with van der Waals surface area (Å²) in [6.45, 7) is 6.05. The van der Waals surface area contributed by atoms with Crippen molar-refractivity contribution in [2.24, 2.45) is 0 Å². The van der Waals surface area contributed by atoms with Gasteiger partial charge in [-0.3, -0.25) is 5.10 Å². The van der Waals surface area contributed by atoms with Crippen molar-refractivity contribution in [2.75, 3.05) is 6.26 Å². The summed E-state index contributed by atoms with van der Waals surface area (Å²) in [7, 11) is 0. The Kier molecular flexibility index (Phi) is 4.95. The molecule has 4 nitrogen and oxygen atoms in total. The van der Waals surface area contributed by atoms with E-state index in [1.54, 1.807) is 0 Å². The van der Waals surface area contributed by atoms with E-state index in [-0.39, 0.29) is 6.10 Å². The fourth-order valence-electron chi connectivity index (χ4n) is 1.95. The number of nitrogens with zero attached hydrogens (tertiary/aromatic N) is 1. The largest absolute Gasteiger partial charge is 0.491 e. The predicted octanol–water partition coefficient (Wildman–Crippen LogP) is 3.75. The van der Waals surface area contributed by atoms with Gasteiger partial charge in [0.1, 0.15) is 5.75 Å². The molecule has 108 valence electrons. The summed E-state index contributed by atoms with van der Waals surface area (Å²) >= 11 is 1.30. The van der Waals surface area contributed by atoms with Gasteiger partial charge in [-0.05, 0) is 38.5 Å². The lowest BCUT2D eigenvalue weighted by Gasteiger charge is -2.10. The molecule has 2 aromatic rings. The third-order valence-corrected chi connectivity index (χ3v) is 3.20. The van der Waals surface area contributed by atoms with Crippen LogP contribution in [-0.2, 0) is 6.42 Å². The summed E-state index contributed by atoms with van der Waals surface area (Å²) in [6.07, 6.45) is 2.87. The fourth-order valence-corrected chi connectivity index (χ4v) is 2.24. The summed E-state index contributed by atoms with van der Waals surface area (Å²) in [4.78, 5) is 0. The number of H-pyrrole nitrogens is 1. The highest BCUT2D eigenvalue weighted by Crippen LogP contribution is 2.25. The van der Waals surface area contributed by atoms with E-state index in [0.717, 1.165) is 23.4 Å². The highest BCUT2D eigenvalue weighted by Gasteiger charge is 2.12. The van der Waals surface area contributed by atoms with Gasteiger partial charge in [0, 0.05) is 23.9 Å². The molecule has 2 rings (SSSR count). The molecular formula is C15H20N2O2S. The fraction of sp³-hybridized carbons (Fsp3) is 0.400. The van der Waals surface area contributed by atoms with Crippen LogP contribution in [-0.4, -0.2) is 22.6 Å². The van der Waals surface area contributed by atoms with Gasteiger partial charge in [-0.1, -0.05) is 12.1 Å². The smallest absolute Gasteiger partial charge is 0.250 e. The minimum Gasteiger partial charge on any atom is -0.491 e. The molecule has 0 saturated heterocycles. The Balaban J connectivity index is 2.12.